The minimum absolute atomic E-state index is 0.0911. The van der Waals surface area contributed by atoms with Gasteiger partial charge in [-0.2, -0.15) is 0 Å². The van der Waals surface area contributed by atoms with Crippen molar-refractivity contribution >= 4 is 0 Å². The summed E-state index contributed by atoms with van der Waals surface area (Å²) in [7, 11) is 0. The van der Waals surface area contributed by atoms with Gasteiger partial charge in [0.2, 0.25) is 0 Å². The van der Waals surface area contributed by atoms with E-state index in [0.717, 1.165) is 25.0 Å². The molecule has 2 rings (SSSR count). The number of hydrogen-bond donors (Lipinski definition) is 1. The van der Waals surface area contributed by atoms with Crippen molar-refractivity contribution in [1.29, 1.82) is 0 Å². The summed E-state index contributed by atoms with van der Waals surface area (Å²) >= 11 is 0. The lowest BCUT2D eigenvalue weighted by Crippen LogP contribution is -2.15. The molecule has 0 bridgehead atoms. The summed E-state index contributed by atoms with van der Waals surface area (Å²) in [5.41, 5.74) is 1.30. The van der Waals surface area contributed by atoms with Gasteiger partial charge >= 0.3 is 0 Å². The van der Waals surface area contributed by atoms with E-state index < -0.39 is 0 Å². The molecule has 0 radical (unpaired) electrons. The Morgan fingerprint density at radius 1 is 1.25 bits per heavy atom. The van der Waals surface area contributed by atoms with Crippen LogP contribution in [0.4, 0.5) is 0 Å². The maximum absolute atomic E-state index is 9.76. The fraction of sp³-hybridized carbons (Fsp3) is 0.571. The molecule has 0 saturated heterocycles. The van der Waals surface area contributed by atoms with Gasteiger partial charge in [0, 0.05) is 0 Å². The van der Waals surface area contributed by atoms with Crippen molar-refractivity contribution in [3.8, 4) is 5.75 Å². The monoisotopic (exact) mass is 220 g/mol. The molecule has 0 heterocycles. The molecule has 1 aromatic rings. The second-order valence-electron chi connectivity index (χ2n) is 4.54. The molecule has 1 fully saturated rings. The first-order chi connectivity index (χ1) is 7.79. The van der Waals surface area contributed by atoms with E-state index in [1.165, 1.54) is 12.0 Å². The molecule has 1 N–H and O–H groups in total. The van der Waals surface area contributed by atoms with Crippen molar-refractivity contribution in [2.24, 2.45) is 5.92 Å². The molecule has 1 aromatic carbocycles. The lowest BCUT2D eigenvalue weighted by atomic mass is 9.96. The van der Waals surface area contributed by atoms with E-state index in [9.17, 15) is 5.11 Å². The highest BCUT2D eigenvalue weighted by molar-refractivity contribution is 5.27. The molecular weight excluding hydrogens is 200 g/mol. The van der Waals surface area contributed by atoms with E-state index in [-0.39, 0.29) is 6.10 Å². The Morgan fingerprint density at radius 3 is 2.56 bits per heavy atom. The highest BCUT2D eigenvalue weighted by Gasteiger charge is 2.24. The summed E-state index contributed by atoms with van der Waals surface area (Å²) in [5.74, 6) is 1.39. The highest BCUT2D eigenvalue weighted by atomic mass is 16.5. The Bertz CT molecular complexity index is 318. The van der Waals surface area contributed by atoms with Gasteiger partial charge in [-0.25, -0.2) is 0 Å². The van der Waals surface area contributed by atoms with Gasteiger partial charge in [0.05, 0.1) is 12.7 Å². The Hall–Kier alpha value is -1.02. The third kappa shape index (κ3) is 2.76. The summed E-state index contributed by atoms with van der Waals surface area (Å²) in [6.45, 7) is 2.70. The fourth-order valence-corrected chi connectivity index (χ4v) is 2.45. The summed E-state index contributed by atoms with van der Waals surface area (Å²) in [5, 5.41) is 9.76. The molecule has 2 atom stereocenters. The van der Waals surface area contributed by atoms with Gasteiger partial charge in [0.1, 0.15) is 5.75 Å². The first kappa shape index (κ1) is 11.5. The molecule has 1 aliphatic carbocycles. The van der Waals surface area contributed by atoms with Crippen molar-refractivity contribution in [3.05, 3.63) is 29.8 Å². The van der Waals surface area contributed by atoms with Crippen molar-refractivity contribution in [1.82, 2.24) is 0 Å². The maximum Gasteiger partial charge on any atom is 0.119 e. The van der Waals surface area contributed by atoms with Crippen LogP contribution in [-0.4, -0.2) is 17.8 Å². The van der Waals surface area contributed by atoms with E-state index in [1.807, 2.05) is 19.1 Å². The minimum atomic E-state index is -0.0911. The van der Waals surface area contributed by atoms with Gasteiger partial charge < -0.3 is 9.84 Å². The van der Waals surface area contributed by atoms with Crippen LogP contribution in [0.15, 0.2) is 24.3 Å². The number of rotatable bonds is 4. The van der Waals surface area contributed by atoms with Crippen LogP contribution >= 0.6 is 0 Å². The number of ether oxygens (including phenoxy) is 1. The first-order valence-corrected chi connectivity index (χ1v) is 6.19. The molecule has 88 valence electrons. The van der Waals surface area contributed by atoms with Crippen LogP contribution in [0.25, 0.3) is 0 Å². The quantitative estimate of drug-likeness (QED) is 0.845. The summed E-state index contributed by atoms with van der Waals surface area (Å²) in [4.78, 5) is 0. The predicted octanol–water partition coefficient (Wildman–Crippen LogP) is 2.79. The lowest BCUT2D eigenvalue weighted by molar-refractivity contribution is 0.132. The zero-order valence-electron chi connectivity index (χ0n) is 9.86. The third-order valence-electron chi connectivity index (χ3n) is 3.35. The van der Waals surface area contributed by atoms with Gasteiger partial charge in [-0.15, -0.1) is 0 Å². The Labute approximate surface area is 97.3 Å². The molecule has 0 aliphatic heterocycles. The standard InChI is InChI=1S/C14H20O2/c1-2-16-13-8-6-11(7-9-13)10-12-4-3-5-14(12)15/h6-9,12,14-15H,2-5,10H2,1H3. The molecule has 2 heteroatoms. The summed E-state index contributed by atoms with van der Waals surface area (Å²) < 4.78 is 5.40. The number of aliphatic hydroxyl groups excluding tert-OH is 1. The first-order valence-electron chi connectivity index (χ1n) is 6.19. The second kappa shape index (κ2) is 5.35. The highest BCUT2D eigenvalue weighted by Crippen LogP contribution is 2.29. The SMILES string of the molecule is CCOc1ccc(CC2CCCC2O)cc1. The van der Waals surface area contributed by atoms with Crippen LogP contribution in [0, 0.1) is 5.92 Å². The Kier molecular flexibility index (Phi) is 3.83. The van der Waals surface area contributed by atoms with Crippen LogP contribution in [0.1, 0.15) is 31.7 Å². The second-order valence-corrected chi connectivity index (χ2v) is 4.54. The zero-order chi connectivity index (χ0) is 11.4. The van der Waals surface area contributed by atoms with E-state index in [4.69, 9.17) is 4.74 Å². The molecule has 1 aliphatic rings. The van der Waals surface area contributed by atoms with Gasteiger partial charge in [0.15, 0.2) is 0 Å². The molecule has 2 unspecified atom stereocenters. The minimum Gasteiger partial charge on any atom is -0.494 e. The van der Waals surface area contributed by atoms with Gasteiger partial charge in [-0.05, 0) is 49.8 Å². The maximum atomic E-state index is 9.76. The fourth-order valence-electron chi connectivity index (χ4n) is 2.45. The Morgan fingerprint density at radius 2 is 2.00 bits per heavy atom. The predicted molar refractivity (Wildman–Crippen MR) is 64.7 cm³/mol. The van der Waals surface area contributed by atoms with E-state index in [1.54, 1.807) is 0 Å². The van der Waals surface area contributed by atoms with Crippen molar-refractivity contribution in [3.63, 3.8) is 0 Å². The summed E-state index contributed by atoms with van der Waals surface area (Å²) in [6, 6.07) is 8.24. The average molecular weight is 220 g/mol. The molecule has 2 nitrogen and oxygen atoms in total. The van der Waals surface area contributed by atoms with Crippen molar-refractivity contribution < 1.29 is 9.84 Å². The van der Waals surface area contributed by atoms with Crippen LogP contribution < -0.4 is 4.74 Å². The van der Waals surface area contributed by atoms with Crippen LogP contribution in [-0.2, 0) is 6.42 Å². The largest absolute Gasteiger partial charge is 0.494 e. The van der Waals surface area contributed by atoms with Gasteiger partial charge in [0.25, 0.3) is 0 Å². The van der Waals surface area contributed by atoms with Gasteiger partial charge in [-0.1, -0.05) is 18.6 Å². The summed E-state index contributed by atoms with van der Waals surface area (Å²) in [6.07, 6.45) is 4.21. The van der Waals surface area contributed by atoms with Crippen LogP contribution in [0.5, 0.6) is 5.75 Å². The lowest BCUT2D eigenvalue weighted by Gasteiger charge is -2.14. The molecular formula is C14H20O2. The normalized spacial score (nSPS) is 24.6. The zero-order valence-corrected chi connectivity index (χ0v) is 9.86. The van der Waals surface area contributed by atoms with Crippen molar-refractivity contribution in [2.45, 2.75) is 38.7 Å². The number of benzene rings is 1. The smallest absolute Gasteiger partial charge is 0.119 e. The average Bonchev–Trinajstić information content (AvgIpc) is 2.68. The van der Waals surface area contributed by atoms with Crippen LogP contribution in [0.3, 0.4) is 0 Å². The van der Waals surface area contributed by atoms with E-state index in [0.29, 0.717) is 12.5 Å². The third-order valence-corrected chi connectivity index (χ3v) is 3.35. The molecule has 16 heavy (non-hydrogen) atoms. The molecule has 0 spiro atoms. The van der Waals surface area contributed by atoms with Crippen molar-refractivity contribution in [2.75, 3.05) is 6.61 Å². The Balaban J connectivity index is 1.94. The van der Waals surface area contributed by atoms with E-state index >= 15 is 0 Å². The number of hydrogen-bond acceptors (Lipinski definition) is 2. The molecule has 0 amide bonds. The topological polar surface area (TPSA) is 29.5 Å². The van der Waals surface area contributed by atoms with E-state index in [2.05, 4.69) is 12.1 Å². The molecule has 1 saturated carbocycles. The van der Waals surface area contributed by atoms with Gasteiger partial charge in [-0.3, -0.25) is 0 Å². The molecule has 0 aromatic heterocycles. The van der Waals surface area contributed by atoms with Crippen LogP contribution in [0.2, 0.25) is 0 Å². The number of aliphatic hydroxyl groups is 1.